The maximum absolute atomic E-state index is 8.88. The highest BCUT2D eigenvalue weighted by molar-refractivity contribution is 7.45. The molecule has 12 N–H and O–H groups in total. The summed E-state index contributed by atoms with van der Waals surface area (Å²) >= 11 is 0. The number of hydrogen-bond acceptors (Lipinski definition) is 12. The Labute approximate surface area is 176 Å². The summed E-state index contributed by atoms with van der Waals surface area (Å²) in [5.41, 5.74) is 0. The smallest absolute Gasteiger partial charge is 0.395 e. The zero-order valence-corrected chi connectivity index (χ0v) is 17.3. The van der Waals surface area contributed by atoms with E-state index < -0.39 is 30.9 Å². The molecule has 0 saturated heterocycles. The molecule has 0 unspecified atom stereocenters. The number of nitrogens with zero attached hydrogens (tertiary/aromatic N) is 4. The van der Waals surface area contributed by atoms with Crippen molar-refractivity contribution in [2.45, 2.75) is 0 Å². The highest BCUT2D eigenvalue weighted by atomic mass is 31.2. The van der Waals surface area contributed by atoms with Crippen LogP contribution in [0.25, 0.3) is 0 Å². The first-order valence-electron chi connectivity index (χ1n) is 6.66. The Hall–Kier alpha value is -2.34. The van der Waals surface area contributed by atoms with Gasteiger partial charge >= 0.3 is 15.6 Å². The fourth-order valence-corrected chi connectivity index (χ4v) is 0.760. The molecule has 0 atom stereocenters. The molecule has 0 aliphatic heterocycles. The van der Waals surface area contributed by atoms with Gasteiger partial charge in [0.15, 0.2) is 0 Å². The minimum Gasteiger partial charge on any atom is -0.395 e. The van der Waals surface area contributed by atoms with Crippen molar-refractivity contribution in [3.63, 3.8) is 0 Å². The fraction of sp³-hybridized carbons (Fsp3) is 1.00. The third-order valence-corrected chi connectivity index (χ3v) is 1.25. The first kappa shape index (κ1) is 43.5. The number of aliphatic hydroxyl groups is 3. The maximum Gasteiger partial charge on any atom is 0.466 e. The topological polar surface area (TPSA) is 410 Å². The highest BCUT2D eigenvalue weighted by Crippen LogP contribution is 2.26. The average molecular weight is 534 g/mol. The van der Waals surface area contributed by atoms with E-state index in [9.17, 15) is 0 Å². The van der Waals surface area contributed by atoms with E-state index in [1.54, 1.807) is 4.90 Å². The molecular weight excluding hydrogens is 510 g/mol. The van der Waals surface area contributed by atoms with Gasteiger partial charge in [0.25, 0.3) is 15.3 Å². The van der Waals surface area contributed by atoms with Crippen LogP contribution in [0.2, 0.25) is 0 Å². The van der Waals surface area contributed by atoms with Crippen LogP contribution in [0.5, 0.6) is 0 Å². The number of hydrogen-bond donors (Lipinski definition) is 12. The van der Waals surface area contributed by atoms with Crippen LogP contribution in [0, 0.1) is 30.3 Å². The lowest BCUT2D eigenvalue weighted by Crippen LogP contribution is -2.32. The van der Waals surface area contributed by atoms with Crippen molar-refractivity contribution in [3.05, 3.63) is 30.3 Å². The maximum atomic E-state index is 8.88. The standard InChI is InChI=1S/C6H15NO3.3HNO3.2H3O4P/c8-4-1-7(2-5-9)3-6-10;3*2-1(3)4;2*1-5(2,3)4/h8-10H,1-6H2;3*(H,2,3,4);2*(H3,1,2,3,4). The Bertz CT molecular complexity index is 443. The minimum absolute atomic E-state index is 0.0694. The number of rotatable bonds is 6. The lowest BCUT2D eigenvalue weighted by molar-refractivity contribution is -0.742. The van der Waals surface area contributed by atoms with Gasteiger partial charge in [0, 0.05) is 19.6 Å². The highest BCUT2D eigenvalue weighted by Gasteiger charge is 2.01. The van der Waals surface area contributed by atoms with Crippen molar-refractivity contribution in [2.24, 2.45) is 0 Å². The van der Waals surface area contributed by atoms with Crippen LogP contribution < -0.4 is 0 Å². The van der Waals surface area contributed by atoms with Crippen LogP contribution in [0.4, 0.5) is 0 Å². The molecule has 0 fully saturated rings. The quantitative estimate of drug-likeness (QED) is 0.0865. The van der Waals surface area contributed by atoms with E-state index in [4.69, 9.17) is 99.8 Å². The molecule has 0 aromatic carbocycles. The van der Waals surface area contributed by atoms with Gasteiger partial charge in [0.05, 0.1) is 19.8 Å². The average Bonchev–Trinajstić information content (AvgIpc) is 2.42. The molecule has 0 aliphatic rings. The molecule has 0 rings (SSSR count). The van der Waals surface area contributed by atoms with Gasteiger partial charge in [-0.2, -0.15) is 0 Å². The van der Waals surface area contributed by atoms with E-state index in [0.717, 1.165) is 0 Å². The number of phosphoric acid groups is 2. The van der Waals surface area contributed by atoms with Crippen LogP contribution in [-0.4, -0.2) is 120 Å². The third kappa shape index (κ3) is 443. The second-order valence-electron chi connectivity index (χ2n) is 3.75. The number of aliphatic hydroxyl groups excluding tert-OH is 3. The van der Waals surface area contributed by atoms with Crippen molar-refractivity contribution in [3.8, 4) is 0 Å². The van der Waals surface area contributed by atoms with Crippen LogP contribution >= 0.6 is 15.6 Å². The summed E-state index contributed by atoms with van der Waals surface area (Å²) in [6.45, 7) is 1.75. The Kier molecular flexibility index (Phi) is 39.0. The first-order chi connectivity index (χ1) is 14.0. The summed E-state index contributed by atoms with van der Waals surface area (Å²) in [6.07, 6.45) is 0. The molecule has 32 heavy (non-hydrogen) atoms. The molecule has 0 aromatic rings. The summed E-state index contributed by atoms with van der Waals surface area (Å²) in [5, 5.41) is 66.4. The van der Waals surface area contributed by atoms with Crippen LogP contribution in [0.1, 0.15) is 0 Å². The van der Waals surface area contributed by atoms with Crippen molar-refractivity contribution in [1.82, 2.24) is 4.90 Å². The van der Waals surface area contributed by atoms with E-state index >= 15 is 0 Å². The van der Waals surface area contributed by atoms with Crippen molar-refractivity contribution >= 4 is 15.6 Å². The lowest BCUT2D eigenvalue weighted by atomic mass is 10.4. The molecule has 0 saturated carbocycles. The van der Waals surface area contributed by atoms with E-state index in [1.807, 2.05) is 0 Å². The molecule has 198 valence electrons. The first-order valence-corrected chi connectivity index (χ1v) is 9.79. The van der Waals surface area contributed by atoms with Gasteiger partial charge < -0.3 is 60.3 Å². The molecule has 0 aromatic heterocycles. The summed E-state index contributed by atoms with van der Waals surface area (Å²) in [4.78, 5) is 70.0. The summed E-state index contributed by atoms with van der Waals surface area (Å²) in [6, 6.07) is 0. The molecular formula is C6H24N4O20P2. The second kappa shape index (κ2) is 28.7. The fourth-order valence-electron chi connectivity index (χ4n) is 0.760. The Morgan fingerprint density at radius 3 is 0.719 bits per heavy atom. The van der Waals surface area contributed by atoms with Crippen LogP contribution in [-0.2, 0) is 9.13 Å². The Balaban J connectivity index is -0.0000000667. The van der Waals surface area contributed by atoms with Gasteiger partial charge in [-0.15, -0.1) is 30.3 Å². The zero-order valence-electron chi connectivity index (χ0n) is 15.6. The van der Waals surface area contributed by atoms with Gasteiger partial charge in [0.1, 0.15) is 0 Å². The molecule has 0 bridgehead atoms. The van der Waals surface area contributed by atoms with Crippen LogP contribution in [0.15, 0.2) is 0 Å². The second-order valence-corrected chi connectivity index (χ2v) is 5.81. The van der Waals surface area contributed by atoms with Gasteiger partial charge in [-0.25, -0.2) is 9.13 Å². The predicted octanol–water partition coefficient (Wildman–Crippen LogP) is -4.63. The molecule has 0 amide bonds. The van der Waals surface area contributed by atoms with Crippen LogP contribution in [0.3, 0.4) is 0 Å². The molecule has 26 heteroatoms. The molecule has 0 radical (unpaired) electrons. The van der Waals surface area contributed by atoms with Gasteiger partial charge in [-0.3, -0.25) is 4.90 Å². The van der Waals surface area contributed by atoms with E-state index in [1.165, 1.54) is 0 Å². The van der Waals surface area contributed by atoms with E-state index in [-0.39, 0.29) is 19.8 Å². The summed E-state index contributed by atoms with van der Waals surface area (Å²) in [5.74, 6) is 0. The molecule has 24 nitrogen and oxygen atoms in total. The monoisotopic (exact) mass is 534 g/mol. The molecule has 0 spiro atoms. The molecule has 0 aliphatic carbocycles. The third-order valence-electron chi connectivity index (χ3n) is 1.25. The molecule has 0 heterocycles. The largest absolute Gasteiger partial charge is 0.466 e. The van der Waals surface area contributed by atoms with Gasteiger partial charge in [-0.1, -0.05) is 0 Å². The van der Waals surface area contributed by atoms with Crippen molar-refractivity contribution in [2.75, 3.05) is 39.5 Å². The van der Waals surface area contributed by atoms with Gasteiger partial charge in [0.2, 0.25) is 0 Å². The van der Waals surface area contributed by atoms with Crippen molar-refractivity contribution in [1.29, 1.82) is 0 Å². The normalized spacial score (nSPS) is 9.31. The lowest BCUT2D eigenvalue weighted by Gasteiger charge is -2.17. The Morgan fingerprint density at radius 2 is 0.656 bits per heavy atom. The SMILES string of the molecule is O=P(O)(O)O.O=P(O)(O)O.O=[N+]([O-])O.O=[N+]([O-])O.O=[N+]([O-])O.OCCN(CCO)CCO. The summed E-state index contributed by atoms with van der Waals surface area (Å²) < 4.78 is 17.8. The zero-order chi connectivity index (χ0) is 27.6. The van der Waals surface area contributed by atoms with Crippen molar-refractivity contribution < 1.29 is 84.7 Å². The predicted molar refractivity (Wildman–Crippen MR) is 92.6 cm³/mol. The Morgan fingerprint density at radius 1 is 0.562 bits per heavy atom. The van der Waals surface area contributed by atoms with Gasteiger partial charge in [-0.05, 0) is 0 Å². The summed E-state index contributed by atoms with van der Waals surface area (Å²) in [7, 11) is -9.28. The van der Waals surface area contributed by atoms with E-state index in [0.29, 0.717) is 19.6 Å². The van der Waals surface area contributed by atoms with E-state index in [2.05, 4.69) is 0 Å². The minimum atomic E-state index is -4.64.